The Morgan fingerprint density at radius 2 is 1.57 bits per heavy atom. The first-order valence-corrected chi connectivity index (χ1v) is 10.7. The molecule has 3 aromatic carbocycles. The number of nitrogens with zero attached hydrogens (tertiary/aromatic N) is 2. The highest BCUT2D eigenvalue weighted by atomic mass is 19.4. The van der Waals surface area contributed by atoms with Crippen LogP contribution in [0.5, 0.6) is 0 Å². The molecule has 0 bridgehead atoms. The van der Waals surface area contributed by atoms with Gasteiger partial charge in [0.25, 0.3) is 16.8 Å². The van der Waals surface area contributed by atoms with Crippen LogP contribution < -0.4 is 9.46 Å². The van der Waals surface area contributed by atoms with E-state index in [0.29, 0.717) is 11.8 Å². The quantitative estimate of drug-likeness (QED) is 0.132. The van der Waals surface area contributed by atoms with Gasteiger partial charge in [0.15, 0.2) is 0 Å². The number of halogens is 3. The van der Waals surface area contributed by atoms with Crippen LogP contribution in [0.4, 0.5) is 13.2 Å². The minimum Gasteiger partial charge on any atom is -0.618 e. The monoisotopic (exact) mass is 484 g/mol. The van der Waals surface area contributed by atoms with E-state index in [-0.39, 0.29) is 22.5 Å². The fraction of sp³-hybridized carbons (Fsp3) is 0.200. The number of ketones is 1. The highest BCUT2D eigenvalue weighted by Gasteiger charge is 2.51. The molecule has 0 saturated carbocycles. The van der Waals surface area contributed by atoms with Gasteiger partial charge in [0, 0.05) is 17.7 Å². The van der Waals surface area contributed by atoms with Gasteiger partial charge in [-0.15, -0.1) is 4.73 Å². The Kier molecular flexibility index (Phi) is 6.29. The molecule has 4 aromatic rings. The van der Waals surface area contributed by atoms with Gasteiger partial charge in [0.1, 0.15) is 0 Å². The van der Waals surface area contributed by atoms with Crippen molar-refractivity contribution in [2.75, 3.05) is 6.61 Å². The lowest BCUT2D eigenvalue weighted by atomic mass is 10.0. The van der Waals surface area contributed by atoms with Crippen LogP contribution in [0.3, 0.4) is 0 Å². The number of esters is 1. The topological polar surface area (TPSA) is 97.2 Å². The van der Waals surface area contributed by atoms with Gasteiger partial charge in [0.2, 0.25) is 0 Å². The summed E-state index contributed by atoms with van der Waals surface area (Å²) in [5, 5.41) is 27.2. The molecule has 10 heteroatoms. The standard InChI is InChI=1S/C25H19F3N2O5/c1-2-3-12-35-24(32)18-10-11-19-20(14-18)29(33)21(23(30(19)34)25(26,27)28)22(31)17-9-8-15-6-4-5-7-16(15)13-17/h4-11,13-14H,2-3,12H2,1H3. The summed E-state index contributed by atoms with van der Waals surface area (Å²) in [5.41, 5.74) is -4.87. The second kappa shape index (κ2) is 9.21. The summed E-state index contributed by atoms with van der Waals surface area (Å²) >= 11 is 0. The van der Waals surface area contributed by atoms with Crippen molar-refractivity contribution < 1.29 is 37.0 Å². The Morgan fingerprint density at radius 1 is 0.886 bits per heavy atom. The lowest BCUT2D eigenvalue weighted by Crippen LogP contribution is -2.50. The van der Waals surface area contributed by atoms with Crippen molar-refractivity contribution in [1.29, 1.82) is 0 Å². The summed E-state index contributed by atoms with van der Waals surface area (Å²) in [6.45, 7) is 2.01. The average Bonchev–Trinajstić information content (AvgIpc) is 2.84. The van der Waals surface area contributed by atoms with Crippen LogP contribution in [-0.4, -0.2) is 18.4 Å². The molecule has 180 valence electrons. The summed E-state index contributed by atoms with van der Waals surface area (Å²) in [4.78, 5) is 25.5. The molecule has 0 spiro atoms. The molecule has 0 aliphatic rings. The first kappa shape index (κ1) is 23.9. The van der Waals surface area contributed by atoms with Crippen LogP contribution in [0.25, 0.3) is 21.8 Å². The van der Waals surface area contributed by atoms with Crippen LogP contribution in [0.2, 0.25) is 0 Å². The van der Waals surface area contributed by atoms with Crippen molar-refractivity contribution in [1.82, 2.24) is 0 Å². The molecule has 1 aromatic heterocycles. The SMILES string of the molecule is CCCCOC(=O)c1ccc2c(c1)[n+]([O-])c(C(=O)c1ccc3ccccc3c1)c(C(F)(F)F)[n+]2[O-]. The summed E-state index contributed by atoms with van der Waals surface area (Å²) in [5.74, 6) is -2.08. The van der Waals surface area contributed by atoms with Gasteiger partial charge in [-0.3, -0.25) is 4.79 Å². The molecular weight excluding hydrogens is 465 g/mol. The third-order valence-electron chi connectivity index (χ3n) is 5.51. The van der Waals surface area contributed by atoms with Crippen molar-refractivity contribution in [2.24, 2.45) is 0 Å². The lowest BCUT2D eigenvalue weighted by molar-refractivity contribution is -0.647. The van der Waals surface area contributed by atoms with Gasteiger partial charge in [-0.2, -0.15) is 17.9 Å². The molecule has 0 fully saturated rings. The van der Waals surface area contributed by atoms with Crippen LogP contribution in [0.15, 0.2) is 60.7 Å². The van der Waals surface area contributed by atoms with Gasteiger partial charge in [-0.05, 0) is 29.3 Å². The van der Waals surface area contributed by atoms with Crippen molar-refractivity contribution in [3.63, 3.8) is 0 Å². The van der Waals surface area contributed by atoms with Crippen LogP contribution in [0, 0.1) is 10.4 Å². The number of ether oxygens (including phenoxy) is 1. The molecule has 0 N–H and O–H groups in total. The van der Waals surface area contributed by atoms with Gasteiger partial charge in [0.05, 0.1) is 12.2 Å². The number of fused-ring (bicyclic) bond motifs is 2. The number of aromatic nitrogens is 2. The maximum Gasteiger partial charge on any atom is 0.486 e. The van der Waals surface area contributed by atoms with Gasteiger partial charge in [-0.1, -0.05) is 49.7 Å². The number of hydrogen-bond donors (Lipinski definition) is 0. The molecule has 35 heavy (non-hydrogen) atoms. The molecule has 0 amide bonds. The van der Waals surface area contributed by atoms with Crippen LogP contribution in [0.1, 0.15) is 51.9 Å². The van der Waals surface area contributed by atoms with Gasteiger partial charge in [-0.25, -0.2) is 4.79 Å². The zero-order valence-electron chi connectivity index (χ0n) is 18.5. The number of carbonyl (C=O) groups excluding carboxylic acids is 2. The number of carbonyl (C=O) groups is 2. The Balaban J connectivity index is 1.92. The molecule has 0 aliphatic heterocycles. The van der Waals surface area contributed by atoms with Crippen molar-refractivity contribution in [3.8, 4) is 0 Å². The van der Waals surface area contributed by atoms with E-state index in [1.165, 1.54) is 18.2 Å². The van der Waals surface area contributed by atoms with Crippen molar-refractivity contribution >= 4 is 33.6 Å². The minimum atomic E-state index is -5.30. The fourth-order valence-electron chi connectivity index (χ4n) is 3.73. The van der Waals surface area contributed by atoms with E-state index in [0.717, 1.165) is 30.0 Å². The van der Waals surface area contributed by atoms with Gasteiger partial charge < -0.3 is 15.2 Å². The maximum atomic E-state index is 13.9. The van der Waals surface area contributed by atoms with Crippen molar-refractivity contribution in [3.05, 3.63) is 93.6 Å². The number of benzene rings is 3. The Hall–Kier alpha value is -4.21. The molecule has 0 unspecified atom stereocenters. The molecule has 0 atom stereocenters. The second-order valence-corrected chi connectivity index (χ2v) is 7.87. The predicted octanol–water partition coefficient (Wildman–Crippen LogP) is 4.47. The third-order valence-corrected chi connectivity index (χ3v) is 5.51. The Morgan fingerprint density at radius 3 is 2.26 bits per heavy atom. The summed E-state index contributed by atoms with van der Waals surface area (Å²) in [6.07, 6.45) is -3.94. The largest absolute Gasteiger partial charge is 0.618 e. The van der Waals surface area contributed by atoms with E-state index in [4.69, 9.17) is 4.74 Å². The average molecular weight is 484 g/mol. The molecule has 0 radical (unpaired) electrons. The molecule has 1 heterocycles. The highest BCUT2D eigenvalue weighted by molar-refractivity contribution is 6.09. The van der Waals surface area contributed by atoms with Crippen LogP contribution >= 0.6 is 0 Å². The lowest BCUT2D eigenvalue weighted by Gasteiger charge is -2.14. The third kappa shape index (κ3) is 4.46. The highest BCUT2D eigenvalue weighted by Crippen LogP contribution is 2.31. The smallest absolute Gasteiger partial charge is 0.486 e. The Labute approximate surface area is 197 Å². The number of alkyl halides is 3. The van der Waals surface area contributed by atoms with Crippen molar-refractivity contribution in [2.45, 2.75) is 25.9 Å². The van der Waals surface area contributed by atoms with E-state index in [1.807, 2.05) is 6.92 Å². The van der Waals surface area contributed by atoms with Gasteiger partial charge >= 0.3 is 23.5 Å². The maximum absolute atomic E-state index is 13.9. The number of hydrogen-bond acceptors (Lipinski definition) is 5. The summed E-state index contributed by atoms with van der Waals surface area (Å²) in [7, 11) is 0. The first-order valence-electron chi connectivity index (χ1n) is 10.7. The van der Waals surface area contributed by atoms with Crippen LogP contribution in [-0.2, 0) is 10.9 Å². The molecular formula is C25H19F3N2O5. The summed E-state index contributed by atoms with van der Waals surface area (Å²) in [6, 6.07) is 14.0. The minimum absolute atomic E-state index is 0.116. The molecule has 4 rings (SSSR count). The second-order valence-electron chi connectivity index (χ2n) is 7.87. The zero-order valence-corrected chi connectivity index (χ0v) is 18.5. The Bertz CT molecular complexity index is 1470. The number of rotatable bonds is 6. The first-order chi connectivity index (χ1) is 16.6. The van der Waals surface area contributed by atoms with E-state index in [1.54, 1.807) is 24.3 Å². The predicted molar refractivity (Wildman–Crippen MR) is 119 cm³/mol. The normalized spacial score (nSPS) is 11.7. The summed E-state index contributed by atoms with van der Waals surface area (Å²) < 4.78 is 46.1. The van der Waals surface area contributed by atoms with E-state index >= 15 is 0 Å². The molecule has 0 aliphatic carbocycles. The zero-order chi connectivity index (χ0) is 25.3. The molecule has 7 nitrogen and oxygen atoms in total. The molecule has 0 saturated heterocycles. The number of unbranched alkanes of at least 4 members (excludes halogenated alkanes) is 1. The van der Waals surface area contributed by atoms with E-state index < -0.39 is 45.1 Å². The van der Waals surface area contributed by atoms with E-state index in [2.05, 4.69) is 0 Å². The fourth-order valence-corrected chi connectivity index (χ4v) is 3.73. The van der Waals surface area contributed by atoms with E-state index in [9.17, 15) is 33.2 Å².